The molecule has 0 aromatic carbocycles. The number of likely N-dealkylation sites (tertiary alicyclic amines) is 1. The molecule has 5 rings (SSSR count). The number of aryl methyl sites for hydroxylation is 1. The van der Waals surface area contributed by atoms with Crippen LogP contribution in [0, 0.1) is 11.8 Å². The van der Waals surface area contributed by atoms with Gasteiger partial charge in [0.25, 0.3) is 11.5 Å². The van der Waals surface area contributed by atoms with Crippen molar-refractivity contribution in [1.82, 2.24) is 24.8 Å². The van der Waals surface area contributed by atoms with E-state index in [1.807, 2.05) is 4.90 Å². The van der Waals surface area contributed by atoms with Gasteiger partial charge in [0.1, 0.15) is 5.56 Å². The largest absolute Gasteiger partial charge is 0.338 e. The molecule has 8 heteroatoms. The van der Waals surface area contributed by atoms with E-state index in [-0.39, 0.29) is 22.9 Å². The van der Waals surface area contributed by atoms with Gasteiger partial charge in [-0.1, -0.05) is 0 Å². The Labute approximate surface area is 180 Å². The number of amides is 2. The van der Waals surface area contributed by atoms with Crippen molar-refractivity contribution in [3.63, 3.8) is 0 Å². The normalized spacial score (nSPS) is 22.3. The molecule has 31 heavy (non-hydrogen) atoms. The van der Waals surface area contributed by atoms with Crippen LogP contribution in [0.25, 0.3) is 0 Å². The predicted octanol–water partition coefficient (Wildman–Crippen LogP) is 1.55. The van der Waals surface area contributed by atoms with Crippen molar-refractivity contribution in [2.75, 3.05) is 19.6 Å². The molecule has 4 heterocycles. The second-order valence-electron chi connectivity index (χ2n) is 9.01. The summed E-state index contributed by atoms with van der Waals surface area (Å²) in [7, 11) is 0. The summed E-state index contributed by atoms with van der Waals surface area (Å²) in [6.45, 7) is 2.44. The van der Waals surface area contributed by atoms with Crippen LogP contribution in [-0.2, 0) is 24.2 Å². The lowest BCUT2D eigenvalue weighted by molar-refractivity contribution is -0.132. The van der Waals surface area contributed by atoms with Crippen molar-refractivity contribution in [3.05, 3.63) is 57.5 Å². The van der Waals surface area contributed by atoms with Gasteiger partial charge in [-0.05, 0) is 55.1 Å². The van der Waals surface area contributed by atoms with E-state index in [4.69, 9.17) is 0 Å². The zero-order chi connectivity index (χ0) is 21.4. The Balaban J connectivity index is 1.30. The molecule has 0 unspecified atom stereocenters. The SMILES string of the molecule is O=C(CCc1cnccn1)N1CCc2c(c[nH]c(=O)c2C(=O)N2C[C@@H]3CC[C@@H](C3)C2)C1. The molecule has 1 saturated heterocycles. The van der Waals surface area contributed by atoms with Crippen LogP contribution in [-0.4, -0.2) is 56.2 Å². The highest BCUT2D eigenvalue weighted by Crippen LogP contribution is 2.37. The molecule has 2 fully saturated rings. The third kappa shape index (κ3) is 3.98. The van der Waals surface area contributed by atoms with Crippen LogP contribution in [0.1, 0.15) is 52.9 Å². The molecule has 8 nitrogen and oxygen atoms in total. The first-order chi connectivity index (χ1) is 15.1. The fraction of sp³-hybridized carbons (Fsp3) is 0.522. The van der Waals surface area contributed by atoms with E-state index in [1.54, 1.807) is 29.7 Å². The van der Waals surface area contributed by atoms with Crippen molar-refractivity contribution >= 4 is 11.8 Å². The van der Waals surface area contributed by atoms with E-state index < -0.39 is 0 Å². The van der Waals surface area contributed by atoms with Crippen LogP contribution in [0.5, 0.6) is 0 Å². The van der Waals surface area contributed by atoms with Crippen molar-refractivity contribution < 1.29 is 9.59 Å². The predicted molar refractivity (Wildman–Crippen MR) is 113 cm³/mol. The summed E-state index contributed by atoms with van der Waals surface area (Å²) < 4.78 is 0. The van der Waals surface area contributed by atoms with Crippen molar-refractivity contribution in [2.24, 2.45) is 11.8 Å². The van der Waals surface area contributed by atoms with Gasteiger partial charge in [-0.3, -0.25) is 24.4 Å². The minimum atomic E-state index is -0.316. The highest BCUT2D eigenvalue weighted by atomic mass is 16.2. The molecule has 1 N–H and O–H groups in total. The number of H-pyrrole nitrogens is 1. The second kappa shape index (κ2) is 8.24. The van der Waals surface area contributed by atoms with Crippen molar-refractivity contribution in [2.45, 2.75) is 45.1 Å². The molecule has 3 aliphatic rings. The quantitative estimate of drug-likeness (QED) is 0.808. The summed E-state index contributed by atoms with van der Waals surface area (Å²) in [5, 5.41) is 0. The number of nitrogens with zero attached hydrogens (tertiary/aromatic N) is 4. The Hall–Kier alpha value is -3.03. The lowest BCUT2D eigenvalue weighted by Gasteiger charge is -2.34. The van der Waals surface area contributed by atoms with Gasteiger partial charge < -0.3 is 14.8 Å². The number of rotatable bonds is 4. The molecule has 2 aromatic heterocycles. The molecule has 162 valence electrons. The van der Waals surface area contributed by atoms with Crippen LogP contribution in [0.4, 0.5) is 0 Å². The first-order valence-electron chi connectivity index (χ1n) is 11.1. The minimum absolute atomic E-state index is 0.0444. The fourth-order valence-electron chi connectivity index (χ4n) is 5.39. The first-order valence-corrected chi connectivity index (χ1v) is 11.1. The zero-order valence-electron chi connectivity index (χ0n) is 17.5. The summed E-state index contributed by atoms with van der Waals surface area (Å²) in [4.78, 5) is 53.3. The van der Waals surface area contributed by atoms with E-state index >= 15 is 0 Å². The standard InChI is InChI=1S/C23H27N5O3/c29-20(4-3-18-11-24-6-7-25-18)27-8-5-19-17(14-27)10-26-22(30)21(19)23(31)28-12-15-1-2-16(9-15)13-28/h6-7,10-11,15-16H,1-5,8-9,12-14H2,(H,26,30)/t15-,16+. The number of piperidine rings is 1. The number of aromatic amines is 1. The minimum Gasteiger partial charge on any atom is -0.338 e. The average molecular weight is 422 g/mol. The van der Waals surface area contributed by atoms with Gasteiger partial charge >= 0.3 is 0 Å². The molecule has 1 saturated carbocycles. The van der Waals surface area contributed by atoms with Crippen LogP contribution >= 0.6 is 0 Å². The molecule has 0 spiro atoms. The van der Waals surface area contributed by atoms with Crippen molar-refractivity contribution in [3.8, 4) is 0 Å². The lowest BCUT2D eigenvalue weighted by atomic mass is 9.94. The van der Waals surface area contributed by atoms with E-state index in [0.717, 1.165) is 29.9 Å². The number of hydrogen-bond donors (Lipinski definition) is 1. The molecule has 2 atom stereocenters. The average Bonchev–Trinajstić information content (AvgIpc) is 3.14. The van der Waals surface area contributed by atoms with E-state index in [1.165, 1.54) is 19.3 Å². The molecule has 2 bridgehead atoms. The topological polar surface area (TPSA) is 99.3 Å². The number of aromatic nitrogens is 3. The maximum absolute atomic E-state index is 13.3. The molecule has 0 radical (unpaired) electrons. The van der Waals surface area contributed by atoms with Gasteiger partial charge in [0.2, 0.25) is 5.91 Å². The first kappa shape index (κ1) is 19.9. The van der Waals surface area contributed by atoms with E-state index in [2.05, 4.69) is 15.0 Å². The van der Waals surface area contributed by atoms with Gasteiger partial charge in [0.15, 0.2) is 0 Å². The van der Waals surface area contributed by atoms with Crippen LogP contribution in [0.15, 0.2) is 29.6 Å². The molecule has 2 aromatic rings. The van der Waals surface area contributed by atoms with Crippen LogP contribution in [0.2, 0.25) is 0 Å². The summed E-state index contributed by atoms with van der Waals surface area (Å²) in [6, 6.07) is 0. The number of fused-ring (bicyclic) bond motifs is 3. The smallest absolute Gasteiger partial charge is 0.261 e. The van der Waals surface area contributed by atoms with E-state index in [0.29, 0.717) is 44.2 Å². The Morgan fingerprint density at radius 1 is 1.13 bits per heavy atom. The molecule has 2 amide bonds. The Kier molecular flexibility index (Phi) is 5.29. The Bertz CT molecular complexity index is 1040. The van der Waals surface area contributed by atoms with Crippen molar-refractivity contribution in [1.29, 1.82) is 0 Å². The third-order valence-electron chi connectivity index (χ3n) is 6.96. The Morgan fingerprint density at radius 3 is 2.68 bits per heavy atom. The number of carbonyl (C=O) groups excluding carboxylic acids is 2. The molecular formula is C23H27N5O3. The molecule has 1 aliphatic carbocycles. The Morgan fingerprint density at radius 2 is 1.94 bits per heavy atom. The van der Waals surface area contributed by atoms with Gasteiger partial charge in [-0.25, -0.2) is 0 Å². The maximum atomic E-state index is 13.3. The summed E-state index contributed by atoms with van der Waals surface area (Å²) in [6.07, 6.45) is 11.6. The fourth-order valence-corrected chi connectivity index (χ4v) is 5.39. The summed E-state index contributed by atoms with van der Waals surface area (Å²) >= 11 is 0. The van der Waals surface area contributed by atoms with Gasteiger partial charge in [0.05, 0.1) is 5.69 Å². The summed E-state index contributed by atoms with van der Waals surface area (Å²) in [5.41, 5.74) is 2.43. The number of carbonyl (C=O) groups is 2. The van der Waals surface area contributed by atoms with Gasteiger partial charge in [0, 0.05) is 57.4 Å². The lowest BCUT2D eigenvalue weighted by Crippen LogP contribution is -2.44. The van der Waals surface area contributed by atoms with Crippen LogP contribution < -0.4 is 5.56 Å². The van der Waals surface area contributed by atoms with E-state index in [9.17, 15) is 14.4 Å². The van der Waals surface area contributed by atoms with Gasteiger partial charge in [-0.2, -0.15) is 0 Å². The zero-order valence-corrected chi connectivity index (χ0v) is 17.5. The highest BCUT2D eigenvalue weighted by Gasteiger charge is 2.37. The molecule has 2 aliphatic heterocycles. The molecular weight excluding hydrogens is 394 g/mol. The maximum Gasteiger partial charge on any atom is 0.261 e. The number of pyridine rings is 1. The number of hydrogen-bond acceptors (Lipinski definition) is 5. The summed E-state index contributed by atoms with van der Waals surface area (Å²) in [5.74, 6) is 1.05. The second-order valence-corrected chi connectivity index (χ2v) is 9.01. The number of nitrogens with one attached hydrogen (secondary N) is 1. The van der Waals surface area contributed by atoms with Crippen LogP contribution in [0.3, 0.4) is 0 Å². The highest BCUT2D eigenvalue weighted by molar-refractivity contribution is 5.96. The monoisotopic (exact) mass is 421 g/mol. The van der Waals surface area contributed by atoms with Gasteiger partial charge in [-0.15, -0.1) is 0 Å². The third-order valence-corrected chi connectivity index (χ3v) is 6.96.